The van der Waals surface area contributed by atoms with Gasteiger partial charge in [0.1, 0.15) is 10.7 Å². The van der Waals surface area contributed by atoms with Crippen molar-refractivity contribution in [3.8, 4) is 0 Å². The number of rotatable bonds is 4. The van der Waals surface area contributed by atoms with Crippen molar-refractivity contribution in [3.05, 3.63) is 28.0 Å². The molecule has 0 bridgehead atoms. The Kier molecular flexibility index (Phi) is 5.37. The van der Waals surface area contributed by atoms with Crippen LogP contribution in [0, 0.1) is 5.82 Å². The molecule has 0 aliphatic carbocycles. The second kappa shape index (κ2) is 6.70. The molecule has 1 aliphatic rings. The summed E-state index contributed by atoms with van der Waals surface area (Å²) in [5, 5.41) is 0. The third kappa shape index (κ3) is 3.45. The number of methoxy groups -OCH3 is 1. The van der Waals surface area contributed by atoms with Crippen LogP contribution >= 0.6 is 15.9 Å². The third-order valence-electron chi connectivity index (χ3n) is 3.65. The highest BCUT2D eigenvalue weighted by atomic mass is 79.9. The van der Waals surface area contributed by atoms with Gasteiger partial charge in [0, 0.05) is 36.8 Å². The fraction of sp³-hybridized carbons (Fsp3) is 0.538. The summed E-state index contributed by atoms with van der Waals surface area (Å²) in [4.78, 5) is -0.326. The van der Waals surface area contributed by atoms with Gasteiger partial charge >= 0.3 is 0 Å². The largest absolute Gasteiger partial charge is 0.381 e. The Morgan fingerprint density at radius 2 is 2.05 bits per heavy atom. The summed E-state index contributed by atoms with van der Waals surface area (Å²) in [6.07, 6.45) is 1.27. The molecule has 118 valence electrons. The van der Waals surface area contributed by atoms with Crippen molar-refractivity contribution in [1.29, 1.82) is 0 Å². The van der Waals surface area contributed by atoms with Gasteiger partial charge in [0.05, 0.1) is 6.10 Å². The Morgan fingerprint density at radius 1 is 1.43 bits per heavy atom. The van der Waals surface area contributed by atoms with E-state index in [9.17, 15) is 12.8 Å². The second-order valence-corrected chi connectivity index (χ2v) is 7.74. The molecule has 0 radical (unpaired) electrons. The number of nitrogens with two attached hydrogens (primary N) is 1. The van der Waals surface area contributed by atoms with Crippen LogP contribution in [0.25, 0.3) is 0 Å². The molecular weight excluding hydrogens is 363 g/mol. The molecule has 21 heavy (non-hydrogen) atoms. The second-order valence-electron chi connectivity index (χ2n) is 4.92. The lowest BCUT2D eigenvalue weighted by Gasteiger charge is -2.30. The maximum Gasteiger partial charge on any atom is 0.246 e. The Morgan fingerprint density at radius 3 is 2.57 bits per heavy atom. The minimum Gasteiger partial charge on any atom is -0.381 e. The summed E-state index contributed by atoms with van der Waals surface area (Å²) in [5.74, 6) is -0.769. The fourth-order valence-electron chi connectivity index (χ4n) is 2.40. The first kappa shape index (κ1) is 16.8. The van der Waals surface area contributed by atoms with Crippen LogP contribution in [0.2, 0.25) is 0 Å². The molecule has 1 heterocycles. The molecule has 0 aromatic heterocycles. The van der Waals surface area contributed by atoms with Crippen LogP contribution in [0.5, 0.6) is 0 Å². The lowest BCUT2D eigenvalue weighted by atomic mass is 10.1. The molecule has 1 aliphatic heterocycles. The van der Waals surface area contributed by atoms with Crippen LogP contribution < -0.4 is 5.73 Å². The van der Waals surface area contributed by atoms with E-state index in [2.05, 4.69) is 15.9 Å². The van der Waals surface area contributed by atoms with E-state index in [-0.39, 0.29) is 23.1 Å². The summed E-state index contributed by atoms with van der Waals surface area (Å²) >= 11 is 3.20. The highest BCUT2D eigenvalue weighted by Crippen LogP contribution is 2.28. The van der Waals surface area contributed by atoms with E-state index >= 15 is 0 Å². The van der Waals surface area contributed by atoms with Gasteiger partial charge in [0.2, 0.25) is 10.0 Å². The van der Waals surface area contributed by atoms with E-state index in [1.807, 2.05) is 0 Å². The van der Waals surface area contributed by atoms with Crippen LogP contribution in [0.15, 0.2) is 21.5 Å². The topological polar surface area (TPSA) is 72.6 Å². The number of piperidine rings is 1. The Labute approximate surface area is 132 Å². The normalized spacial score (nSPS) is 18.1. The molecule has 1 aromatic rings. The quantitative estimate of drug-likeness (QED) is 0.864. The maximum atomic E-state index is 14.3. The van der Waals surface area contributed by atoms with Crippen molar-refractivity contribution in [2.45, 2.75) is 30.4 Å². The molecule has 1 saturated heterocycles. The average Bonchev–Trinajstić information content (AvgIpc) is 2.49. The molecular formula is C13H18BrFN2O3S. The molecule has 2 N–H and O–H groups in total. The Hall–Kier alpha value is -0.540. The van der Waals surface area contributed by atoms with Crippen LogP contribution in [0.4, 0.5) is 4.39 Å². The van der Waals surface area contributed by atoms with Gasteiger partial charge in [-0.05, 0) is 25.0 Å². The summed E-state index contributed by atoms with van der Waals surface area (Å²) in [6, 6.07) is 2.78. The first-order chi connectivity index (χ1) is 9.90. The summed E-state index contributed by atoms with van der Waals surface area (Å²) in [7, 11) is -2.25. The highest BCUT2D eigenvalue weighted by Gasteiger charge is 2.32. The number of nitrogens with zero attached hydrogens (tertiary/aromatic N) is 1. The molecule has 5 nitrogen and oxygen atoms in total. The number of sulfonamides is 1. The molecule has 2 rings (SSSR count). The van der Waals surface area contributed by atoms with Crippen molar-refractivity contribution in [2.75, 3.05) is 20.2 Å². The Balaban J connectivity index is 2.34. The molecule has 0 atom stereocenters. The van der Waals surface area contributed by atoms with E-state index in [0.29, 0.717) is 30.4 Å². The average molecular weight is 381 g/mol. The number of hydrogen-bond donors (Lipinski definition) is 1. The maximum absolute atomic E-state index is 14.3. The molecule has 1 fully saturated rings. The summed E-state index contributed by atoms with van der Waals surface area (Å²) < 4.78 is 46.5. The smallest absolute Gasteiger partial charge is 0.246 e. The van der Waals surface area contributed by atoms with E-state index in [1.165, 1.54) is 16.4 Å². The minimum atomic E-state index is -3.86. The van der Waals surface area contributed by atoms with Gasteiger partial charge in [0.25, 0.3) is 0 Å². The zero-order chi connectivity index (χ0) is 15.6. The SMILES string of the molecule is COC1CCN(S(=O)(=O)c2cc(Br)cc(CN)c2F)CC1. The van der Waals surface area contributed by atoms with E-state index in [1.54, 1.807) is 7.11 Å². The first-order valence-electron chi connectivity index (χ1n) is 6.61. The molecule has 0 spiro atoms. The summed E-state index contributed by atoms with van der Waals surface area (Å²) in [6.45, 7) is 0.592. The van der Waals surface area contributed by atoms with Crippen molar-refractivity contribution < 1.29 is 17.5 Å². The van der Waals surface area contributed by atoms with Crippen LogP contribution in [-0.2, 0) is 21.3 Å². The van der Waals surface area contributed by atoms with E-state index in [4.69, 9.17) is 10.5 Å². The third-order valence-corrected chi connectivity index (χ3v) is 6.01. The molecule has 0 amide bonds. The number of halogens is 2. The van der Waals surface area contributed by atoms with Gasteiger partial charge in [-0.15, -0.1) is 0 Å². The van der Waals surface area contributed by atoms with E-state index < -0.39 is 15.8 Å². The van der Waals surface area contributed by atoms with E-state index in [0.717, 1.165) is 0 Å². The molecule has 0 saturated carbocycles. The van der Waals surface area contributed by atoms with Gasteiger partial charge < -0.3 is 10.5 Å². The predicted molar refractivity (Wildman–Crippen MR) is 80.8 cm³/mol. The van der Waals surface area contributed by atoms with Gasteiger partial charge in [-0.2, -0.15) is 4.31 Å². The molecule has 8 heteroatoms. The van der Waals surface area contributed by atoms with Gasteiger partial charge in [0.15, 0.2) is 0 Å². The van der Waals surface area contributed by atoms with Crippen molar-refractivity contribution in [1.82, 2.24) is 4.31 Å². The number of ether oxygens (including phenoxy) is 1. The van der Waals surface area contributed by atoms with Gasteiger partial charge in [-0.25, -0.2) is 12.8 Å². The zero-order valence-corrected chi connectivity index (χ0v) is 14.1. The van der Waals surface area contributed by atoms with Crippen molar-refractivity contribution >= 4 is 26.0 Å². The summed E-state index contributed by atoms with van der Waals surface area (Å²) in [5.41, 5.74) is 5.64. The van der Waals surface area contributed by atoms with Crippen LogP contribution in [0.1, 0.15) is 18.4 Å². The highest BCUT2D eigenvalue weighted by molar-refractivity contribution is 9.10. The van der Waals surface area contributed by atoms with Gasteiger partial charge in [-0.1, -0.05) is 15.9 Å². The Bertz CT molecular complexity index is 616. The standard InChI is InChI=1S/C13H18BrFN2O3S/c1-20-11-2-4-17(5-3-11)21(18,19)12-7-10(14)6-9(8-16)13(12)15/h6-7,11H,2-5,8,16H2,1H3. The predicted octanol–water partition coefficient (Wildman–Crippen LogP) is 1.85. The number of benzene rings is 1. The fourth-order valence-corrected chi connectivity index (χ4v) is 4.66. The molecule has 0 unspecified atom stereocenters. The minimum absolute atomic E-state index is 0.0560. The lowest BCUT2D eigenvalue weighted by molar-refractivity contribution is 0.0604. The van der Waals surface area contributed by atoms with Crippen molar-refractivity contribution in [2.24, 2.45) is 5.73 Å². The van der Waals surface area contributed by atoms with Crippen LogP contribution in [-0.4, -0.2) is 39.0 Å². The zero-order valence-electron chi connectivity index (χ0n) is 11.7. The first-order valence-corrected chi connectivity index (χ1v) is 8.84. The van der Waals surface area contributed by atoms with Crippen molar-refractivity contribution in [3.63, 3.8) is 0 Å². The van der Waals surface area contributed by atoms with Crippen LogP contribution in [0.3, 0.4) is 0 Å². The molecule has 1 aromatic carbocycles. The monoisotopic (exact) mass is 380 g/mol. The lowest BCUT2D eigenvalue weighted by Crippen LogP contribution is -2.40. The number of hydrogen-bond acceptors (Lipinski definition) is 4. The van der Waals surface area contributed by atoms with Gasteiger partial charge in [-0.3, -0.25) is 0 Å².